The van der Waals surface area contributed by atoms with E-state index in [2.05, 4.69) is 39.5 Å². The van der Waals surface area contributed by atoms with E-state index >= 15 is 0 Å². The normalized spacial score (nSPS) is 11.2. The maximum Gasteiger partial charge on any atom is 0.193 e. The minimum atomic E-state index is 0.373. The molecule has 3 N–H and O–H groups in total. The highest BCUT2D eigenvalue weighted by Gasteiger charge is 2.07. The fraction of sp³-hybridized carbons (Fsp3) is 0.409. The van der Waals surface area contributed by atoms with Gasteiger partial charge in [0, 0.05) is 32.4 Å². The van der Waals surface area contributed by atoms with Crippen molar-refractivity contribution in [3.05, 3.63) is 48.0 Å². The van der Waals surface area contributed by atoms with Gasteiger partial charge in [-0.2, -0.15) is 0 Å². The lowest BCUT2D eigenvalue weighted by Crippen LogP contribution is -2.23. The molecule has 6 nitrogen and oxygen atoms in total. The van der Waals surface area contributed by atoms with Crippen molar-refractivity contribution in [3.63, 3.8) is 0 Å². The minimum Gasteiger partial charge on any atom is -0.494 e. The van der Waals surface area contributed by atoms with Crippen LogP contribution in [0.4, 0.5) is 11.4 Å². The Hall–Kier alpha value is -2.89. The van der Waals surface area contributed by atoms with Crippen molar-refractivity contribution < 1.29 is 9.47 Å². The zero-order chi connectivity index (χ0) is 20.4. The number of nitrogens with one attached hydrogen (secondary N) is 1. The molecule has 0 saturated carbocycles. The van der Waals surface area contributed by atoms with Crippen LogP contribution in [0.3, 0.4) is 0 Å². The molecule has 0 radical (unpaired) electrons. The van der Waals surface area contributed by atoms with E-state index in [9.17, 15) is 0 Å². The third kappa shape index (κ3) is 6.68. The Kier molecular flexibility index (Phi) is 8.46. The molecule has 0 aliphatic carbocycles. The molecule has 0 aliphatic heterocycles. The Morgan fingerprint density at radius 3 is 2.39 bits per heavy atom. The van der Waals surface area contributed by atoms with Crippen LogP contribution in [0, 0.1) is 0 Å². The lowest BCUT2D eigenvalue weighted by Gasteiger charge is -2.14. The summed E-state index contributed by atoms with van der Waals surface area (Å²) in [6, 6.07) is 14.2. The molecule has 0 heterocycles. The summed E-state index contributed by atoms with van der Waals surface area (Å²) in [5, 5.41) is 3.13. The molecular formula is C22H32N4O2. The van der Waals surface area contributed by atoms with Gasteiger partial charge in [0.15, 0.2) is 5.96 Å². The van der Waals surface area contributed by atoms with Crippen molar-refractivity contribution >= 4 is 17.3 Å². The predicted molar refractivity (Wildman–Crippen MR) is 118 cm³/mol. The summed E-state index contributed by atoms with van der Waals surface area (Å²) < 4.78 is 11.2. The SMILES string of the molecule is CCOc1ccc(OCC)c(NC(N)=NCCCc2ccc(N(C)C)cc2)c1. The third-order valence-corrected chi connectivity index (χ3v) is 4.18. The van der Waals surface area contributed by atoms with Crippen LogP contribution in [0.25, 0.3) is 0 Å². The molecule has 0 spiro atoms. The van der Waals surface area contributed by atoms with Crippen LogP contribution in [-0.4, -0.2) is 39.8 Å². The molecular weight excluding hydrogens is 352 g/mol. The van der Waals surface area contributed by atoms with Crippen LogP contribution in [0.1, 0.15) is 25.8 Å². The van der Waals surface area contributed by atoms with E-state index in [-0.39, 0.29) is 0 Å². The maximum absolute atomic E-state index is 6.06. The van der Waals surface area contributed by atoms with E-state index in [0.29, 0.717) is 25.7 Å². The van der Waals surface area contributed by atoms with E-state index < -0.39 is 0 Å². The molecule has 0 saturated heterocycles. The molecule has 0 bridgehead atoms. The Balaban J connectivity index is 1.90. The fourth-order valence-corrected chi connectivity index (χ4v) is 2.77. The van der Waals surface area contributed by atoms with Gasteiger partial charge in [-0.3, -0.25) is 4.99 Å². The molecule has 0 aromatic heterocycles. The molecule has 6 heteroatoms. The zero-order valence-corrected chi connectivity index (χ0v) is 17.4. The van der Waals surface area contributed by atoms with Gasteiger partial charge in [0.25, 0.3) is 0 Å². The lowest BCUT2D eigenvalue weighted by molar-refractivity contribution is 0.332. The number of rotatable bonds is 10. The van der Waals surface area contributed by atoms with Crippen LogP contribution < -0.4 is 25.4 Å². The standard InChI is InChI=1S/C22H32N4O2/c1-5-27-19-13-14-21(28-6-2)20(16-19)25-22(23)24-15-7-8-17-9-11-18(12-10-17)26(3)4/h9-14,16H,5-8,15H2,1-4H3,(H3,23,24,25). The maximum atomic E-state index is 6.06. The average Bonchev–Trinajstić information content (AvgIpc) is 2.68. The van der Waals surface area contributed by atoms with Crippen molar-refractivity contribution in [3.8, 4) is 11.5 Å². The first-order valence-corrected chi connectivity index (χ1v) is 9.76. The van der Waals surface area contributed by atoms with Crippen LogP contribution >= 0.6 is 0 Å². The predicted octanol–water partition coefficient (Wildman–Crippen LogP) is 3.91. The van der Waals surface area contributed by atoms with Gasteiger partial charge in [-0.05, 0) is 56.5 Å². The van der Waals surface area contributed by atoms with Gasteiger partial charge < -0.3 is 25.4 Å². The van der Waals surface area contributed by atoms with E-state index in [1.54, 1.807) is 0 Å². The average molecular weight is 385 g/mol. The number of hydrogen-bond acceptors (Lipinski definition) is 4. The Bertz CT molecular complexity index is 758. The fourth-order valence-electron chi connectivity index (χ4n) is 2.77. The molecule has 2 aromatic rings. The highest BCUT2D eigenvalue weighted by Crippen LogP contribution is 2.29. The largest absolute Gasteiger partial charge is 0.494 e. The molecule has 0 fully saturated rings. The monoisotopic (exact) mass is 384 g/mol. The quantitative estimate of drug-likeness (QED) is 0.369. The molecule has 0 atom stereocenters. The van der Waals surface area contributed by atoms with Gasteiger partial charge in [-0.25, -0.2) is 0 Å². The summed E-state index contributed by atoms with van der Waals surface area (Å²) in [7, 11) is 4.08. The first kappa shape index (κ1) is 21.4. The highest BCUT2D eigenvalue weighted by atomic mass is 16.5. The smallest absolute Gasteiger partial charge is 0.193 e. The van der Waals surface area contributed by atoms with E-state index in [4.69, 9.17) is 15.2 Å². The number of nitrogens with two attached hydrogens (primary N) is 1. The number of guanidine groups is 1. The number of benzene rings is 2. The van der Waals surface area contributed by atoms with Crippen LogP contribution in [0.15, 0.2) is 47.5 Å². The first-order valence-electron chi connectivity index (χ1n) is 9.76. The van der Waals surface area contributed by atoms with Gasteiger partial charge in [-0.15, -0.1) is 0 Å². The molecule has 2 aromatic carbocycles. The zero-order valence-electron chi connectivity index (χ0n) is 17.4. The lowest BCUT2D eigenvalue weighted by atomic mass is 10.1. The molecule has 0 unspecified atom stereocenters. The van der Waals surface area contributed by atoms with Crippen molar-refractivity contribution in [2.75, 3.05) is 44.1 Å². The van der Waals surface area contributed by atoms with E-state index in [0.717, 1.165) is 30.0 Å². The molecule has 28 heavy (non-hydrogen) atoms. The summed E-state index contributed by atoms with van der Waals surface area (Å²) in [4.78, 5) is 6.53. The summed E-state index contributed by atoms with van der Waals surface area (Å²) in [5.41, 5.74) is 9.33. The Labute approximate surface area is 168 Å². The second-order valence-corrected chi connectivity index (χ2v) is 6.58. The van der Waals surface area contributed by atoms with Crippen LogP contribution in [0.5, 0.6) is 11.5 Å². The summed E-state index contributed by atoms with van der Waals surface area (Å²) in [6.07, 6.45) is 1.90. The van der Waals surface area contributed by atoms with Gasteiger partial charge in [0.05, 0.1) is 18.9 Å². The topological polar surface area (TPSA) is 72.1 Å². The van der Waals surface area contributed by atoms with Gasteiger partial charge in [0.1, 0.15) is 11.5 Å². The second kappa shape index (κ2) is 11.1. The second-order valence-electron chi connectivity index (χ2n) is 6.58. The minimum absolute atomic E-state index is 0.373. The number of aryl methyl sites for hydroxylation is 1. The molecule has 0 amide bonds. The number of ether oxygens (including phenoxy) is 2. The molecule has 152 valence electrons. The van der Waals surface area contributed by atoms with Crippen molar-refractivity contribution in [2.24, 2.45) is 10.7 Å². The van der Waals surface area contributed by atoms with E-state index in [1.807, 2.05) is 46.1 Å². The third-order valence-electron chi connectivity index (χ3n) is 4.18. The Morgan fingerprint density at radius 1 is 1.04 bits per heavy atom. The summed E-state index contributed by atoms with van der Waals surface area (Å²) >= 11 is 0. The van der Waals surface area contributed by atoms with Gasteiger partial charge in [0.2, 0.25) is 0 Å². The van der Waals surface area contributed by atoms with Crippen LogP contribution in [-0.2, 0) is 6.42 Å². The number of hydrogen-bond donors (Lipinski definition) is 2. The molecule has 0 aliphatic rings. The number of aliphatic imine (C=N–C) groups is 1. The summed E-state index contributed by atoms with van der Waals surface area (Å²) in [6.45, 7) is 5.73. The van der Waals surface area contributed by atoms with Crippen LogP contribution in [0.2, 0.25) is 0 Å². The number of nitrogens with zero attached hydrogens (tertiary/aromatic N) is 2. The van der Waals surface area contributed by atoms with Crippen molar-refractivity contribution in [2.45, 2.75) is 26.7 Å². The van der Waals surface area contributed by atoms with Crippen molar-refractivity contribution in [1.29, 1.82) is 0 Å². The van der Waals surface area contributed by atoms with Crippen molar-refractivity contribution in [1.82, 2.24) is 0 Å². The van der Waals surface area contributed by atoms with Gasteiger partial charge >= 0.3 is 0 Å². The molecule has 2 rings (SSSR count). The highest BCUT2D eigenvalue weighted by molar-refractivity contribution is 5.94. The van der Waals surface area contributed by atoms with E-state index in [1.165, 1.54) is 11.3 Å². The Morgan fingerprint density at radius 2 is 1.75 bits per heavy atom. The first-order chi connectivity index (χ1) is 13.5. The summed E-state index contributed by atoms with van der Waals surface area (Å²) in [5.74, 6) is 1.87. The van der Waals surface area contributed by atoms with Gasteiger partial charge in [-0.1, -0.05) is 12.1 Å². The number of anilines is 2.